The third kappa shape index (κ3) is 3.40. The molecule has 1 fully saturated rings. The summed E-state index contributed by atoms with van der Waals surface area (Å²) in [4.78, 5) is 4.13. The van der Waals surface area contributed by atoms with Crippen LogP contribution in [0.25, 0.3) is 0 Å². The minimum atomic E-state index is -3.50. The third-order valence-corrected chi connectivity index (χ3v) is 6.11. The van der Waals surface area contributed by atoms with Crippen LogP contribution in [0.15, 0.2) is 23.4 Å². The Morgan fingerprint density at radius 2 is 2.21 bits per heavy atom. The van der Waals surface area contributed by atoms with Crippen LogP contribution in [0.5, 0.6) is 0 Å². The maximum atomic E-state index is 12.3. The summed E-state index contributed by atoms with van der Waals surface area (Å²) in [6.07, 6.45) is 7.14. The van der Waals surface area contributed by atoms with Gasteiger partial charge in [0.2, 0.25) is 10.0 Å². The zero-order chi connectivity index (χ0) is 13.9. The number of nitrogens with one attached hydrogen (secondary N) is 2. The van der Waals surface area contributed by atoms with E-state index in [4.69, 9.17) is 0 Å². The summed E-state index contributed by atoms with van der Waals surface area (Å²) in [5.74, 6) is 0. The molecule has 0 atom stereocenters. The zero-order valence-corrected chi connectivity index (χ0v) is 12.8. The number of anilines is 1. The smallest absolute Gasteiger partial charge is 0.244 e. The van der Waals surface area contributed by atoms with E-state index in [1.54, 1.807) is 24.0 Å². The Morgan fingerprint density at radius 3 is 2.79 bits per heavy atom. The highest BCUT2D eigenvalue weighted by molar-refractivity contribution is 8.00. The van der Waals surface area contributed by atoms with Gasteiger partial charge < -0.3 is 5.32 Å². The van der Waals surface area contributed by atoms with Gasteiger partial charge in [0.15, 0.2) is 0 Å². The van der Waals surface area contributed by atoms with E-state index >= 15 is 0 Å². The molecule has 1 aliphatic rings. The van der Waals surface area contributed by atoms with E-state index in [-0.39, 0.29) is 9.64 Å². The summed E-state index contributed by atoms with van der Waals surface area (Å²) >= 11 is 1.73. The van der Waals surface area contributed by atoms with Crippen molar-refractivity contribution < 1.29 is 8.42 Å². The van der Waals surface area contributed by atoms with Crippen molar-refractivity contribution in [3.8, 4) is 0 Å². The lowest BCUT2D eigenvalue weighted by molar-refractivity contribution is 0.579. The van der Waals surface area contributed by atoms with Crippen molar-refractivity contribution in [3.63, 3.8) is 0 Å². The van der Waals surface area contributed by atoms with Crippen molar-refractivity contribution in [2.75, 3.05) is 24.7 Å². The van der Waals surface area contributed by atoms with Crippen LogP contribution < -0.4 is 10.0 Å². The maximum Gasteiger partial charge on any atom is 0.244 e. The highest BCUT2D eigenvalue weighted by Gasteiger charge is 2.42. The second kappa shape index (κ2) is 5.68. The van der Waals surface area contributed by atoms with Gasteiger partial charge in [-0.2, -0.15) is 11.8 Å². The van der Waals surface area contributed by atoms with Crippen LogP contribution in [0.1, 0.15) is 19.8 Å². The predicted molar refractivity (Wildman–Crippen MR) is 79.1 cm³/mol. The lowest BCUT2D eigenvalue weighted by Gasteiger charge is -2.15. The topological polar surface area (TPSA) is 71.1 Å². The van der Waals surface area contributed by atoms with Gasteiger partial charge in [0.1, 0.15) is 4.90 Å². The number of nitrogens with zero attached hydrogens (tertiary/aromatic N) is 1. The normalized spacial score (nSPS) is 17.2. The van der Waals surface area contributed by atoms with Crippen molar-refractivity contribution in [2.24, 2.45) is 0 Å². The molecule has 0 spiro atoms. The van der Waals surface area contributed by atoms with E-state index in [1.807, 2.05) is 13.2 Å². The van der Waals surface area contributed by atoms with Crippen LogP contribution >= 0.6 is 11.8 Å². The predicted octanol–water partition coefficient (Wildman–Crippen LogP) is 1.69. The fourth-order valence-electron chi connectivity index (χ4n) is 1.83. The van der Waals surface area contributed by atoms with Crippen LogP contribution in [0.4, 0.5) is 5.69 Å². The molecule has 0 amide bonds. The SMILES string of the molecule is CCNc1ccncc1S(=O)(=O)NCC1(SC)CC1. The molecule has 2 rings (SSSR count). The largest absolute Gasteiger partial charge is 0.384 e. The van der Waals surface area contributed by atoms with Crippen LogP contribution in [0.2, 0.25) is 0 Å². The van der Waals surface area contributed by atoms with Crippen molar-refractivity contribution >= 4 is 27.5 Å². The molecule has 106 valence electrons. The first-order valence-corrected chi connectivity index (χ1v) is 8.96. The van der Waals surface area contributed by atoms with Gasteiger partial charge in [-0.3, -0.25) is 4.98 Å². The molecule has 2 N–H and O–H groups in total. The second-order valence-corrected chi connectivity index (χ2v) is 7.62. The van der Waals surface area contributed by atoms with Gasteiger partial charge in [-0.15, -0.1) is 0 Å². The number of pyridine rings is 1. The third-order valence-electron chi connectivity index (χ3n) is 3.27. The Morgan fingerprint density at radius 1 is 1.47 bits per heavy atom. The summed E-state index contributed by atoms with van der Waals surface area (Å²) in [5, 5.41) is 3.04. The molecule has 1 aromatic rings. The van der Waals surface area contributed by atoms with Gasteiger partial charge in [-0.1, -0.05) is 0 Å². The maximum absolute atomic E-state index is 12.3. The molecule has 1 saturated carbocycles. The standard InChI is InChI=1S/C12H19N3O2S2/c1-3-14-10-4-7-13-8-11(10)19(16,17)15-9-12(18-2)5-6-12/h4,7-8,15H,3,5-6,9H2,1-2H3,(H,13,14). The molecule has 1 heterocycles. The Labute approximate surface area is 118 Å². The highest BCUT2D eigenvalue weighted by atomic mass is 32.2. The fourth-order valence-corrected chi connectivity index (χ4v) is 3.90. The van der Waals surface area contributed by atoms with E-state index in [0.29, 0.717) is 18.8 Å². The summed E-state index contributed by atoms with van der Waals surface area (Å²) in [7, 11) is -3.50. The molecule has 0 bridgehead atoms. The Kier molecular flexibility index (Phi) is 4.37. The average molecular weight is 301 g/mol. The fraction of sp³-hybridized carbons (Fsp3) is 0.583. The van der Waals surface area contributed by atoms with Crippen molar-refractivity contribution in [1.29, 1.82) is 0 Å². The number of hydrogen-bond acceptors (Lipinski definition) is 5. The van der Waals surface area contributed by atoms with Crippen LogP contribution in [-0.4, -0.2) is 37.5 Å². The van der Waals surface area contributed by atoms with Crippen LogP contribution in [0, 0.1) is 0 Å². The van der Waals surface area contributed by atoms with Crippen LogP contribution in [0.3, 0.4) is 0 Å². The molecular formula is C12H19N3O2S2. The summed E-state index contributed by atoms with van der Waals surface area (Å²) in [6.45, 7) is 3.08. The summed E-state index contributed by atoms with van der Waals surface area (Å²) in [5.41, 5.74) is 0.596. The lowest BCUT2D eigenvalue weighted by atomic mass is 10.4. The molecule has 0 unspecified atom stereocenters. The molecule has 0 saturated heterocycles. The molecular weight excluding hydrogens is 282 g/mol. The number of hydrogen-bond donors (Lipinski definition) is 2. The highest BCUT2D eigenvalue weighted by Crippen LogP contribution is 2.46. The van der Waals surface area contributed by atoms with E-state index in [2.05, 4.69) is 15.0 Å². The quantitative estimate of drug-likeness (QED) is 0.802. The number of aromatic nitrogens is 1. The lowest BCUT2D eigenvalue weighted by Crippen LogP contribution is -2.32. The monoisotopic (exact) mass is 301 g/mol. The number of sulfonamides is 1. The summed E-state index contributed by atoms with van der Waals surface area (Å²) < 4.78 is 27.4. The zero-order valence-electron chi connectivity index (χ0n) is 11.1. The van der Waals surface area contributed by atoms with Crippen molar-refractivity contribution in [3.05, 3.63) is 18.5 Å². The average Bonchev–Trinajstić information content (AvgIpc) is 3.18. The van der Waals surface area contributed by atoms with E-state index < -0.39 is 10.0 Å². The van der Waals surface area contributed by atoms with E-state index in [0.717, 1.165) is 12.8 Å². The molecule has 19 heavy (non-hydrogen) atoms. The van der Waals surface area contributed by atoms with Gasteiger partial charge in [0.05, 0.1) is 5.69 Å². The first-order chi connectivity index (χ1) is 9.03. The van der Waals surface area contributed by atoms with Gasteiger partial charge in [0, 0.05) is 30.2 Å². The first kappa shape index (κ1) is 14.6. The molecule has 5 nitrogen and oxygen atoms in total. The van der Waals surface area contributed by atoms with E-state index in [1.165, 1.54) is 6.20 Å². The molecule has 1 aliphatic carbocycles. The summed E-state index contributed by atoms with van der Waals surface area (Å²) in [6, 6.07) is 1.68. The van der Waals surface area contributed by atoms with E-state index in [9.17, 15) is 8.42 Å². The Bertz CT molecular complexity index is 542. The Hall–Kier alpha value is -0.790. The molecule has 0 aromatic carbocycles. The minimum Gasteiger partial charge on any atom is -0.384 e. The van der Waals surface area contributed by atoms with Crippen molar-refractivity contribution in [2.45, 2.75) is 29.4 Å². The molecule has 7 heteroatoms. The molecule has 0 radical (unpaired) electrons. The van der Waals surface area contributed by atoms with Crippen LogP contribution in [-0.2, 0) is 10.0 Å². The molecule has 0 aliphatic heterocycles. The minimum absolute atomic E-state index is 0.105. The van der Waals surface area contributed by atoms with Gasteiger partial charge in [0.25, 0.3) is 0 Å². The van der Waals surface area contributed by atoms with Crippen molar-refractivity contribution in [1.82, 2.24) is 9.71 Å². The Balaban J connectivity index is 2.15. The number of rotatable bonds is 7. The first-order valence-electron chi connectivity index (χ1n) is 6.26. The number of thioether (sulfide) groups is 1. The van der Waals surface area contributed by atoms with Gasteiger partial charge >= 0.3 is 0 Å². The van der Waals surface area contributed by atoms with Gasteiger partial charge in [-0.05, 0) is 32.1 Å². The second-order valence-electron chi connectivity index (χ2n) is 4.61. The van der Waals surface area contributed by atoms with Gasteiger partial charge in [-0.25, -0.2) is 13.1 Å². The molecule has 1 aromatic heterocycles.